The first-order chi connectivity index (χ1) is 12.1. The summed E-state index contributed by atoms with van der Waals surface area (Å²) < 4.78 is 4.82. The SMILES string of the molecule is COC(=O)C1CCCN(c2ccc(-c3cccc([N+](=O)[O-])c3)nn2)C1. The number of nitro benzene ring substituents is 1. The third-order valence-corrected chi connectivity index (χ3v) is 4.28. The van der Waals surface area contributed by atoms with Gasteiger partial charge >= 0.3 is 5.97 Å². The molecule has 1 aromatic heterocycles. The van der Waals surface area contributed by atoms with Crippen molar-refractivity contribution in [2.45, 2.75) is 12.8 Å². The van der Waals surface area contributed by atoms with Gasteiger partial charge in [0, 0.05) is 30.8 Å². The third kappa shape index (κ3) is 3.73. The summed E-state index contributed by atoms with van der Waals surface area (Å²) in [6, 6.07) is 9.88. The van der Waals surface area contributed by atoms with Crippen LogP contribution in [0.15, 0.2) is 36.4 Å². The smallest absolute Gasteiger partial charge is 0.310 e. The van der Waals surface area contributed by atoms with E-state index in [1.54, 1.807) is 18.2 Å². The molecule has 1 unspecified atom stereocenters. The molecule has 1 saturated heterocycles. The predicted octanol–water partition coefficient (Wildman–Crippen LogP) is 2.44. The lowest BCUT2D eigenvalue weighted by molar-refractivity contribution is -0.384. The van der Waals surface area contributed by atoms with E-state index in [2.05, 4.69) is 10.2 Å². The van der Waals surface area contributed by atoms with Gasteiger partial charge in [0.2, 0.25) is 0 Å². The molecule has 1 aliphatic rings. The number of nitro groups is 1. The first-order valence-electron chi connectivity index (χ1n) is 8.00. The molecule has 0 N–H and O–H groups in total. The standard InChI is InChI=1S/C17H18N4O4/c1-25-17(22)13-5-3-9-20(11-13)16-8-7-15(18-19-16)12-4-2-6-14(10-12)21(23)24/h2,4,6-8,10,13H,3,5,9,11H2,1H3. The molecule has 25 heavy (non-hydrogen) atoms. The molecule has 2 aromatic rings. The molecule has 8 heteroatoms. The number of benzene rings is 1. The number of nitrogens with zero attached hydrogens (tertiary/aromatic N) is 4. The topological polar surface area (TPSA) is 98.5 Å². The number of ether oxygens (including phenoxy) is 1. The largest absolute Gasteiger partial charge is 0.469 e. The van der Waals surface area contributed by atoms with Crippen LogP contribution in [0.5, 0.6) is 0 Å². The normalized spacial score (nSPS) is 17.2. The fourth-order valence-electron chi connectivity index (χ4n) is 2.97. The van der Waals surface area contributed by atoms with E-state index in [-0.39, 0.29) is 17.6 Å². The maximum absolute atomic E-state index is 11.7. The molecule has 0 radical (unpaired) electrons. The zero-order valence-electron chi connectivity index (χ0n) is 13.8. The Bertz CT molecular complexity index is 778. The predicted molar refractivity (Wildman–Crippen MR) is 91.1 cm³/mol. The van der Waals surface area contributed by atoms with E-state index in [9.17, 15) is 14.9 Å². The fraction of sp³-hybridized carbons (Fsp3) is 0.353. The Morgan fingerprint density at radius 1 is 1.32 bits per heavy atom. The number of esters is 1. The summed E-state index contributed by atoms with van der Waals surface area (Å²) in [5.74, 6) is 0.325. The van der Waals surface area contributed by atoms with E-state index in [1.165, 1.54) is 19.2 Å². The highest BCUT2D eigenvalue weighted by molar-refractivity contribution is 5.73. The number of hydrogen-bond acceptors (Lipinski definition) is 7. The summed E-state index contributed by atoms with van der Waals surface area (Å²) in [5.41, 5.74) is 1.22. The van der Waals surface area contributed by atoms with Crippen molar-refractivity contribution in [2.24, 2.45) is 5.92 Å². The van der Waals surface area contributed by atoms with Crippen molar-refractivity contribution in [1.29, 1.82) is 0 Å². The van der Waals surface area contributed by atoms with Gasteiger partial charge < -0.3 is 9.64 Å². The summed E-state index contributed by atoms with van der Waals surface area (Å²) in [6.45, 7) is 1.36. The molecule has 0 bridgehead atoms. The molecular formula is C17H18N4O4. The first-order valence-corrected chi connectivity index (χ1v) is 8.00. The Hall–Kier alpha value is -3.03. The number of hydrogen-bond donors (Lipinski definition) is 0. The Labute approximate surface area is 144 Å². The van der Waals surface area contributed by atoms with Crippen LogP contribution in [0.3, 0.4) is 0 Å². The fourth-order valence-corrected chi connectivity index (χ4v) is 2.97. The lowest BCUT2D eigenvalue weighted by Gasteiger charge is -2.31. The number of piperidine rings is 1. The highest BCUT2D eigenvalue weighted by Crippen LogP contribution is 2.25. The molecule has 1 aliphatic heterocycles. The molecule has 2 heterocycles. The van der Waals surface area contributed by atoms with E-state index in [0.717, 1.165) is 19.4 Å². The molecule has 8 nitrogen and oxygen atoms in total. The number of carbonyl (C=O) groups is 1. The van der Waals surface area contributed by atoms with Crippen molar-refractivity contribution in [3.05, 3.63) is 46.5 Å². The van der Waals surface area contributed by atoms with Gasteiger partial charge in [-0.3, -0.25) is 14.9 Å². The molecule has 130 valence electrons. The number of rotatable bonds is 4. The molecule has 1 fully saturated rings. The van der Waals surface area contributed by atoms with E-state index in [0.29, 0.717) is 23.6 Å². The van der Waals surface area contributed by atoms with Gasteiger partial charge in [0.15, 0.2) is 5.82 Å². The van der Waals surface area contributed by atoms with Crippen LogP contribution in [0.25, 0.3) is 11.3 Å². The van der Waals surface area contributed by atoms with Crippen LogP contribution in [0.1, 0.15) is 12.8 Å². The second-order valence-electron chi connectivity index (χ2n) is 5.89. The summed E-state index contributed by atoms with van der Waals surface area (Å²) in [7, 11) is 1.40. The summed E-state index contributed by atoms with van der Waals surface area (Å²) >= 11 is 0. The number of methoxy groups -OCH3 is 1. The van der Waals surface area contributed by atoms with Gasteiger partial charge in [-0.25, -0.2) is 0 Å². The van der Waals surface area contributed by atoms with Gasteiger partial charge in [-0.1, -0.05) is 12.1 Å². The van der Waals surface area contributed by atoms with Crippen molar-refractivity contribution >= 4 is 17.5 Å². The zero-order chi connectivity index (χ0) is 17.8. The van der Waals surface area contributed by atoms with Crippen molar-refractivity contribution < 1.29 is 14.5 Å². The van der Waals surface area contributed by atoms with Crippen LogP contribution in [0, 0.1) is 16.0 Å². The average molecular weight is 342 g/mol. The Kier molecular flexibility index (Phi) is 4.87. The minimum absolute atomic E-state index is 0.0142. The monoisotopic (exact) mass is 342 g/mol. The molecule has 1 atom stereocenters. The van der Waals surface area contributed by atoms with Gasteiger partial charge in [0.1, 0.15) is 0 Å². The molecule has 0 aliphatic carbocycles. The van der Waals surface area contributed by atoms with E-state index in [1.807, 2.05) is 11.0 Å². The molecule has 0 spiro atoms. The second-order valence-corrected chi connectivity index (χ2v) is 5.89. The minimum atomic E-state index is -0.439. The lowest BCUT2D eigenvalue weighted by Crippen LogP contribution is -2.39. The van der Waals surface area contributed by atoms with Gasteiger partial charge in [-0.2, -0.15) is 0 Å². The van der Waals surface area contributed by atoms with Crippen LogP contribution in [-0.2, 0) is 9.53 Å². The van der Waals surface area contributed by atoms with Crippen LogP contribution in [0.4, 0.5) is 11.5 Å². The zero-order valence-corrected chi connectivity index (χ0v) is 13.8. The molecule has 1 aromatic carbocycles. The van der Waals surface area contributed by atoms with Gasteiger partial charge in [0.05, 0.1) is 23.6 Å². The van der Waals surface area contributed by atoms with Crippen molar-refractivity contribution in [2.75, 3.05) is 25.1 Å². The Morgan fingerprint density at radius 3 is 2.84 bits per heavy atom. The number of carbonyl (C=O) groups excluding carboxylic acids is 1. The highest BCUT2D eigenvalue weighted by atomic mass is 16.6. The molecule has 0 saturated carbocycles. The maximum Gasteiger partial charge on any atom is 0.310 e. The minimum Gasteiger partial charge on any atom is -0.469 e. The van der Waals surface area contributed by atoms with Gasteiger partial charge in [-0.15, -0.1) is 10.2 Å². The average Bonchev–Trinajstić information content (AvgIpc) is 2.67. The van der Waals surface area contributed by atoms with Crippen molar-refractivity contribution in [3.63, 3.8) is 0 Å². The van der Waals surface area contributed by atoms with Crippen LogP contribution in [-0.4, -0.2) is 41.3 Å². The van der Waals surface area contributed by atoms with E-state index >= 15 is 0 Å². The highest BCUT2D eigenvalue weighted by Gasteiger charge is 2.27. The molecule has 0 amide bonds. The molecular weight excluding hydrogens is 324 g/mol. The molecule has 3 rings (SSSR count). The summed E-state index contributed by atoms with van der Waals surface area (Å²) in [4.78, 5) is 24.2. The van der Waals surface area contributed by atoms with Crippen LogP contribution in [0.2, 0.25) is 0 Å². The van der Waals surface area contributed by atoms with E-state index in [4.69, 9.17) is 4.74 Å². The summed E-state index contributed by atoms with van der Waals surface area (Å²) in [6.07, 6.45) is 1.69. The second kappa shape index (κ2) is 7.25. The summed E-state index contributed by atoms with van der Waals surface area (Å²) in [5, 5.41) is 19.3. The quantitative estimate of drug-likeness (QED) is 0.478. The Morgan fingerprint density at radius 2 is 2.16 bits per heavy atom. The van der Waals surface area contributed by atoms with Gasteiger partial charge in [0.25, 0.3) is 5.69 Å². The van der Waals surface area contributed by atoms with Gasteiger partial charge in [-0.05, 0) is 25.0 Å². The number of anilines is 1. The van der Waals surface area contributed by atoms with Crippen LogP contribution >= 0.6 is 0 Å². The number of non-ortho nitro benzene ring substituents is 1. The Balaban J connectivity index is 1.77. The maximum atomic E-state index is 11.7. The van der Waals surface area contributed by atoms with Crippen LogP contribution < -0.4 is 4.90 Å². The third-order valence-electron chi connectivity index (χ3n) is 4.28. The van der Waals surface area contributed by atoms with E-state index < -0.39 is 4.92 Å². The first kappa shape index (κ1) is 16.8. The van der Waals surface area contributed by atoms with Crippen molar-refractivity contribution in [1.82, 2.24) is 10.2 Å². The van der Waals surface area contributed by atoms with Crippen molar-refractivity contribution in [3.8, 4) is 11.3 Å². The lowest BCUT2D eigenvalue weighted by atomic mass is 9.98. The number of aromatic nitrogens is 2.